The number of nitrogens with zero attached hydrogens (tertiary/aromatic N) is 3. The molecule has 6 heteroatoms. The highest BCUT2D eigenvalue weighted by atomic mass is 19.1. The third kappa shape index (κ3) is 3.14. The quantitative estimate of drug-likeness (QED) is 0.764. The molecule has 1 aliphatic carbocycles. The molecule has 3 rings (SSSR count). The van der Waals surface area contributed by atoms with Crippen molar-refractivity contribution in [1.29, 1.82) is 0 Å². The molecule has 140 valence electrons. The van der Waals surface area contributed by atoms with Crippen LogP contribution in [0.25, 0.3) is 0 Å². The molecule has 5 nitrogen and oxygen atoms in total. The lowest BCUT2D eigenvalue weighted by Crippen LogP contribution is -2.43. The van der Waals surface area contributed by atoms with Crippen molar-refractivity contribution in [3.63, 3.8) is 0 Å². The van der Waals surface area contributed by atoms with Gasteiger partial charge in [0, 0.05) is 44.6 Å². The highest BCUT2D eigenvalue weighted by Gasteiger charge is 2.68. The van der Waals surface area contributed by atoms with Crippen LogP contribution in [-0.2, 0) is 28.5 Å². The summed E-state index contributed by atoms with van der Waals surface area (Å²) in [5, 5.41) is 4.18. The highest BCUT2D eigenvalue weighted by Crippen LogP contribution is 2.65. The van der Waals surface area contributed by atoms with E-state index < -0.39 is 5.41 Å². The second-order valence-electron chi connectivity index (χ2n) is 7.69. The third-order valence-corrected chi connectivity index (χ3v) is 5.42. The summed E-state index contributed by atoms with van der Waals surface area (Å²) in [6.07, 6.45) is 4.28. The van der Waals surface area contributed by atoms with Crippen LogP contribution < -0.4 is 0 Å². The molecule has 0 radical (unpaired) electrons. The van der Waals surface area contributed by atoms with E-state index in [-0.39, 0.29) is 17.1 Å². The summed E-state index contributed by atoms with van der Waals surface area (Å²) in [5.74, 6) is -0.368. The van der Waals surface area contributed by atoms with Gasteiger partial charge in [0.05, 0.1) is 18.2 Å². The fourth-order valence-electron chi connectivity index (χ4n) is 3.86. The zero-order valence-corrected chi connectivity index (χ0v) is 15.8. The number of aromatic nitrogens is 2. The zero-order chi connectivity index (χ0) is 18.9. The number of aryl methyl sites for hydroxylation is 1. The Morgan fingerprint density at radius 3 is 2.62 bits per heavy atom. The van der Waals surface area contributed by atoms with Gasteiger partial charge in [-0.3, -0.25) is 9.48 Å². The molecule has 1 aromatic carbocycles. The number of hydrogen-bond acceptors (Lipinski definition) is 3. The van der Waals surface area contributed by atoms with Crippen LogP contribution in [-0.4, -0.2) is 40.8 Å². The van der Waals surface area contributed by atoms with Gasteiger partial charge >= 0.3 is 0 Å². The summed E-state index contributed by atoms with van der Waals surface area (Å²) in [6.45, 7) is 5.37. The SMILES string of the molecule is COCCN(Cc1cnn(C)c1)C(=O)[C@@]1(c2ccccc2F)CC1(C)C. The average molecular weight is 359 g/mol. The first-order chi connectivity index (χ1) is 12.3. The average Bonchev–Trinajstić information content (AvgIpc) is 2.95. The van der Waals surface area contributed by atoms with Gasteiger partial charge in [-0.15, -0.1) is 0 Å². The standard InChI is InChI=1S/C20H26FN3O2/c1-19(2)14-20(19,16-7-5-6-8-17(16)21)18(25)24(9-10-26-4)13-15-11-22-23(3)12-15/h5-8,11-12H,9-10,13-14H2,1-4H3/t20-/m0/s1. The van der Waals surface area contributed by atoms with Gasteiger partial charge in [-0.1, -0.05) is 32.0 Å². The van der Waals surface area contributed by atoms with Crippen LogP contribution in [0.5, 0.6) is 0 Å². The molecular weight excluding hydrogens is 333 g/mol. The van der Waals surface area contributed by atoms with E-state index in [0.29, 0.717) is 31.7 Å². The molecule has 1 saturated carbocycles. The Labute approximate surface area is 153 Å². The van der Waals surface area contributed by atoms with Crippen LogP contribution in [0, 0.1) is 11.2 Å². The normalized spacial score (nSPS) is 20.8. The first-order valence-corrected chi connectivity index (χ1v) is 8.83. The molecule has 2 aromatic rings. The van der Waals surface area contributed by atoms with Gasteiger partial charge < -0.3 is 9.64 Å². The predicted octanol–water partition coefficient (Wildman–Crippen LogP) is 2.90. The minimum atomic E-state index is -0.825. The molecule has 0 saturated heterocycles. The van der Waals surface area contributed by atoms with Gasteiger partial charge in [0.15, 0.2) is 0 Å². The van der Waals surface area contributed by atoms with Crippen molar-refractivity contribution in [1.82, 2.24) is 14.7 Å². The molecule has 1 aromatic heterocycles. The van der Waals surface area contributed by atoms with Crippen LogP contribution in [0.15, 0.2) is 36.7 Å². The van der Waals surface area contributed by atoms with Crippen molar-refractivity contribution in [3.8, 4) is 0 Å². The fourth-order valence-corrected chi connectivity index (χ4v) is 3.86. The molecule has 1 fully saturated rings. The van der Waals surface area contributed by atoms with Gasteiger partial charge in [0.25, 0.3) is 0 Å². The Hall–Kier alpha value is -2.21. The summed E-state index contributed by atoms with van der Waals surface area (Å²) in [5.41, 5.74) is 0.323. The minimum absolute atomic E-state index is 0.0477. The molecule has 1 aliphatic rings. The minimum Gasteiger partial charge on any atom is -0.383 e. The van der Waals surface area contributed by atoms with Crippen LogP contribution in [0.2, 0.25) is 0 Å². The maximum Gasteiger partial charge on any atom is 0.234 e. The Morgan fingerprint density at radius 2 is 2.08 bits per heavy atom. The lowest BCUT2D eigenvalue weighted by Gasteiger charge is -2.30. The first-order valence-electron chi connectivity index (χ1n) is 8.83. The van der Waals surface area contributed by atoms with E-state index in [4.69, 9.17) is 4.74 Å². The van der Waals surface area contributed by atoms with Crippen molar-refractivity contribution in [2.45, 2.75) is 32.2 Å². The summed E-state index contributed by atoms with van der Waals surface area (Å²) in [7, 11) is 3.45. The largest absolute Gasteiger partial charge is 0.383 e. The summed E-state index contributed by atoms with van der Waals surface area (Å²) < 4.78 is 21.5. The Kier molecular flexibility index (Phi) is 4.88. The molecule has 1 amide bonds. The van der Waals surface area contributed by atoms with Crippen LogP contribution >= 0.6 is 0 Å². The third-order valence-electron chi connectivity index (χ3n) is 5.42. The van der Waals surface area contributed by atoms with Crippen LogP contribution in [0.4, 0.5) is 4.39 Å². The van der Waals surface area contributed by atoms with Gasteiger partial charge in [0.2, 0.25) is 5.91 Å². The summed E-state index contributed by atoms with van der Waals surface area (Å²) in [4.78, 5) is 15.4. The van der Waals surface area contributed by atoms with Crippen molar-refractivity contribution in [2.75, 3.05) is 20.3 Å². The Morgan fingerprint density at radius 1 is 1.38 bits per heavy atom. The smallest absolute Gasteiger partial charge is 0.234 e. The number of halogens is 1. The second-order valence-corrected chi connectivity index (χ2v) is 7.69. The van der Waals surface area contributed by atoms with Crippen molar-refractivity contribution >= 4 is 5.91 Å². The van der Waals surface area contributed by atoms with E-state index in [9.17, 15) is 9.18 Å². The lowest BCUT2D eigenvalue weighted by atomic mass is 9.86. The maximum absolute atomic E-state index is 14.6. The molecule has 0 aliphatic heterocycles. The molecule has 0 unspecified atom stereocenters. The van der Waals surface area contributed by atoms with E-state index >= 15 is 0 Å². The number of benzene rings is 1. The number of carbonyl (C=O) groups is 1. The van der Waals surface area contributed by atoms with Crippen LogP contribution in [0.1, 0.15) is 31.4 Å². The molecule has 0 N–H and O–H groups in total. The highest BCUT2D eigenvalue weighted by molar-refractivity contribution is 5.93. The number of ether oxygens (including phenoxy) is 1. The van der Waals surface area contributed by atoms with Gasteiger partial charge in [-0.05, 0) is 17.9 Å². The van der Waals surface area contributed by atoms with E-state index in [1.54, 1.807) is 41.1 Å². The van der Waals surface area contributed by atoms with E-state index in [1.165, 1.54) is 6.07 Å². The van der Waals surface area contributed by atoms with Gasteiger partial charge in [-0.25, -0.2) is 4.39 Å². The summed E-state index contributed by atoms with van der Waals surface area (Å²) >= 11 is 0. The second kappa shape index (κ2) is 6.83. The predicted molar refractivity (Wildman–Crippen MR) is 97.0 cm³/mol. The molecule has 1 heterocycles. The molecule has 1 atom stereocenters. The molecule has 26 heavy (non-hydrogen) atoms. The van der Waals surface area contributed by atoms with E-state index in [2.05, 4.69) is 5.10 Å². The zero-order valence-electron chi connectivity index (χ0n) is 15.8. The van der Waals surface area contributed by atoms with E-state index in [0.717, 1.165) is 5.56 Å². The summed E-state index contributed by atoms with van der Waals surface area (Å²) in [6, 6.07) is 6.62. The number of methoxy groups -OCH3 is 1. The molecule has 0 bridgehead atoms. The fraction of sp³-hybridized carbons (Fsp3) is 0.500. The van der Waals surface area contributed by atoms with Crippen molar-refractivity contribution < 1.29 is 13.9 Å². The van der Waals surface area contributed by atoms with Gasteiger partial charge in [-0.2, -0.15) is 5.10 Å². The number of rotatable bonds is 7. The van der Waals surface area contributed by atoms with E-state index in [1.807, 2.05) is 27.1 Å². The Bertz CT molecular complexity index is 802. The Balaban J connectivity index is 1.94. The molecular formula is C20H26FN3O2. The van der Waals surface area contributed by atoms with Crippen molar-refractivity contribution in [3.05, 3.63) is 53.6 Å². The monoisotopic (exact) mass is 359 g/mol. The van der Waals surface area contributed by atoms with Crippen LogP contribution in [0.3, 0.4) is 0 Å². The maximum atomic E-state index is 14.6. The number of hydrogen-bond donors (Lipinski definition) is 0. The lowest BCUT2D eigenvalue weighted by molar-refractivity contribution is -0.136. The topological polar surface area (TPSA) is 47.4 Å². The van der Waals surface area contributed by atoms with Crippen molar-refractivity contribution in [2.24, 2.45) is 12.5 Å². The number of amides is 1. The first kappa shape index (κ1) is 18.6. The van der Waals surface area contributed by atoms with Gasteiger partial charge in [0.1, 0.15) is 5.82 Å². The number of carbonyl (C=O) groups excluding carboxylic acids is 1. The molecule has 0 spiro atoms.